The van der Waals surface area contributed by atoms with Gasteiger partial charge in [-0.3, -0.25) is 9.59 Å². The normalized spacial score (nSPS) is 13.5. The Kier molecular flexibility index (Phi) is 7.64. The van der Waals surface area contributed by atoms with Gasteiger partial charge in [0.25, 0.3) is 0 Å². The average molecular weight is 287 g/mol. The van der Waals surface area contributed by atoms with E-state index in [1.54, 1.807) is 21.0 Å². The van der Waals surface area contributed by atoms with Crippen LogP contribution in [0.25, 0.3) is 0 Å². The van der Waals surface area contributed by atoms with Crippen molar-refractivity contribution in [1.82, 2.24) is 15.5 Å². The minimum Gasteiger partial charge on any atom is -0.481 e. The van der Waals surface area contributed by atoms with Crippen molar-refractivity contribution >= 4 is 17.9 Å². The molecule has 2 atom stereocenters. The number of likely N-dealkylation sites (N-methyl/N-ethyl adjacent to an activating group) is 1. The maximum Gasteiger partial charge on any atom is 0.315 e. The first-order valence-corrected chi connectivity index (χ1v) is 6.63. The van der Waals surface area contributed by atoms with E-state index in [-0.39, 0.29) is 18.4 Å². The van der Waals surface area contributed by atoms with Crippen molar-refractivity contribution in [2.75, 3.05) is 20.6 Å². The van der Waals surface area contributed by atoms with E-state index in [0.717, 1.165) is 0 Å². The molecule has 7 nitrogen and oxygen atoms in total. The fourth-order valence-electron chi connectivity index (χ4n) is 1.75. The average Bonchev–Trinajstić information content (AvgIpc) is 2.32. The van der Waals surface area contributed by atoms with Crippen molar-refractivity contribution in [3.8, 4) is 0 Å². The zero-order chi connectivity index (χ0) is 15.9. The lowest BCUT2D eigenvalue weighted by atomic mass is 9.97. The molecule has 0 aromatic rings. The van der Waals surface area contributed by atoms with Gasteiger partial charge >= 0.3 is 12.0 Å². The number of carboxylic acid groups (broad SMARTS) is 1. The number of nitrogens with zero attached hydrogens (tertiary/aromatic N) is 1. The van der Waals surface area contributed by atoms with Gasteiger partial charge in [0.2, 0.25) is 5.91 Å². The van der Waals surface area contributed by atoms with Gasteiger partial charge in [-0.2, -0.15) is 0 Å². The first kappa shape index (κ1) is 18.2. The van der Waals surface area contributed by atoms with Crippen LogP contribution in [0.4, 0.5) is 4.79 Å². The van der Waals surface area contributed by atoms with Gasteiger partial charge in [-0.05, 0) is 19.3 Å². The molecule has 0 aliphatic heterocycles. The van der Waals surface area contributed by atoms with Gasteiger partial charge in [0.05, 0.1) is 5.92 Å². The van der Waals surface area contributed by atoms with Gasteiger partial charge in [-0.1, -0.05) is 13.8 Å². The molecule has 0 saturated carbocycles. The summed E-state index contributed by atoms with van der Waals surface area (Å²) < 4.78 is 0. The lowest BCUT2D eigenvalue weighted by molar-refractivity contribution is -0.142. The number of hydrogen-bond acceptors (Lipinski definition) is 3. The smallest absolute Gasteiger partial charge is 0.315 e. The fourth-order valence-corrected chi connectivity index (χ4v) is 1.75. The standard InChI is InChI=1S/C13H25N3O4/c1-8(2)6-10(12(18)19)7-14-13(20)15-9(3)11(17)16(4)5/h8-10H,6-7H2,1-5H3,(H,18,19)(H2,14,15,20). The maximum atomic E-state index is 11.6. The fraction of sp³-hybridized carbons (Fsp3) is 0.769. The Morgan fingerprint density at radius 2 is 1.70 bits per heavy atom. The molecule has 0 aliphatic carbocycles. The Balaban J connectivity index is 4.26. The summed E-state index contributed by atoms with van der Waals surface area (Å²) in [6.45, 7) is 5.47. The molecule has 0 bridgehead atoms. The van der Waals surface area contributed by atoms with Gasteiger partial charge in [0.1, 0.15) is 6.04 Å². The summed E-state index contributed by atoms with van der Waals surface area (Å²) in [6, 6.07) is -1.19. The van der Waals surface area contributed by atoms with Gasteiger partial charge in [0, 0.05) is 20.6 Å². The van der Waals surface area contributed by atoms with Crippen molar-refractivity contribution in [1.29, 1.82) is 0 Å². The molecule has 116 valence electrons. The van der Waals surface area contributed by atoms with Gasteiger partial charge < -0.3 is 20.6 Å². The van der Waals surface area contributed by atoms with E-state index in [2.05, 4.69) is 10.6 Å². The van der Waals surface area contributed by atoms with E-state index in [0.29, 0.717) is 6.42 Å². The summed E-state index contributed by atoms with van der Waals surface area (Å²) in [5, 5.41) is 14.0. The molecule has 0 radical (unpaired) electrons. The molecule has 0 aromatic carbocycles. The Labute approximate surface area is 119 Å². The number of urea groups is 1. The number of hydrogen-bond donors (Lipinski definition) is 3. The maximum absolute atomic E-state index is 11.6. The molecule has 0 rings (SSSR count). The van der Waals surface area contributed by atoms with Crippen LogP contribution >= 0.6 is 0 Å². The third kappa shape index (κ3) is 6.96. The zero-order valence-corrected chi connectivity index (χ0v) is 12.8. The van der Waals surface area contributed by atoms with Crippen LogP contribution in [-0.4, -0.2) is 54.6 Å². The molecular formula is C13H25N3O4. The van der Waals surface area contributed by atoms with Crippen LogP contribution in [0.15, 0.2) is 0 Å². The molecule has 7 heteroatoms. The lowest BCUT2D eigenvalue weighted by Gasteiger charge is -2.19. The molecule has 0 spiro atoms. The van der Waals surface area contributed by atoms with Gasteiger partial charge in [-0.25, -0.2) is 4.79 Å². The highest BCUT2D eigenvalue weighted by Gasteiger charge is 2.21. The summed E-state index contributed by atoms with van der Waals surface area (Å²) in [7, 11) is 3.20. The number of rotatable bonds is 7. The number of aliphatic carboxylic acids is 1. The third-order valence-corrected chi connectivity index (χ3v) is 2.77. The van der Waals surface area contributed by atoms with Gasteiger partial charge in [0.15, 0.2) is 0 Å². The largest absolute Gasteiger partial charge is 0.481 e. The number of carboxylic acids is 1. The highest BCUT2D eigenvalue weighted by Crippen LogP contribution is 2.10. The Morgan fingerprint density at radius 3 is 2.10 bits per heavy atom. The van der Waals surface area contributed by atoms with Crippen molar-refractivity contribution < 1.29 is 19.5 Å². The van der Waals surface area contributed by atoms with Crippen molar-refractivity contribution in [2.45, 2.75) is 33.2 Å². The highest BCUT2D eigenvalue weighted by molar-refractivity contribution is 5.86. The van der Waals surface area contributed by atoms with Crippen LogP contribution in [-0.2, 0) is 9.59 Å². The molecule has 2 unspecified atom stereocenters. The van der Waals surface area contributed by atoms with Crippen LogP contribution in [0.1, 0.15) is 27.2 Å². The number of nitrogens with one attached hydrogen (secondary N) is 2. The molecule has 0 aromatic heterocycles. The van der Waals surface area contributed by atoms with Crippen LogP contribution < -0.4 is 10.6 Å². The SMILES string of the molecule is CC(C)CC(CNC(=O)NC(C)C(=O)N(C)C)C(=O)O. The summed E-state index contributed by atoms with van der Waals surface area (Å²) >= 11 is 0. The molecular weight excluding hydrogens is 262 g/mol. The van der Waals surface area contributed by atoms with E-state index in [1.807, 2.05) is 13.8 Å². The van der Waals surface area contributed by atoms with Crippen molar-refractivity contribution in [3.63, 3.8) is 0 Å². The van der Waals surface area contributed by atoms with E-state index < -0.39 is 24.0 Å². The van der Waals surface area contributed by atoms with E-state index in [4.69, 9.17) is 5.11 Å². The summed E-state index contributed by atoms with van der Waals surface area (Å²) in [5.41, 5.74) is 0. The summed E-state index contributed by atoms with van der Waals surface area (Å²) in [4.78, 5) is 35.6. The second-order valence-corrected chi connectivity index (χ2v) is 5.47. The molecule has 0 heterocycles. The second-order valence-electron chi connectivity index (χ2n) is 5.47. The predicted molar refractivity (Wildman–Crippen MR) is 75.3 cm³/mol. The zero-order valence-electron chi connectivity index (χ0n) is 12.8. The number of carbonyl (C=O) groups excluding carboxylic acids is 2. The number of amides is 3. The predicted octanol–water partition coefficient (Wildman–Crippen LogP) is 0.509. The topological polar surface area (TPSA) is 98.7 Å². The molecule has 0 saturated heterocycles. The van der Waals surface area contributed by atoms with Crippen LogP contribution in [0.3, 0.4) is 0 Å². The molecule has 0 aliphatic rings. The van der Waals surface area contributed by atoms with Crippen LogP contribution in [0.2, 0.25) is 0 Å². The van der Waals surface area contributed by atoms with Crippen molar-refractivity contribution in [2.24, 2.45) is 11.8 Å². The first-order valence-electron chi connectivity index (χ1n) is 6.63. The first-order chi connectivity index (χ1) is 9.15. The Hall–Kier alpha value is -1.79. The highest BCUT2D eigenvalue weighted by atomic mass is 16.4. The molecule has 3 amide bonds. The van der Waals surface area contributed by atoms with E-state index in [1.165, 1.54) is 4.90 Å². The van der Waals surface area contributed by atoms with Gasteiger partial charge in [-0.15, -0.1) is 0 Å². The minimum absolute atomic E-state index is 0.0439. The number of carbonyl (C=O) groups is 3. The second kappa shape index (κ2) is 8.39. The quantitative estimate of drug-likeness (QED) is 0.635. The Morgan fingerprint density at radius 1 is 1.15 bits per heavy atom. The monoisotopic (exact) mass is 287 g/mol. The lowest BCUT2D eigenvalue weighted by Crippen LogP contribution is -2.49. The minimum atomic E-state index is -0.934. The summed E-state index contributed by atoms with van der Waals surface area (Å²) in [5.74, 6) is -1.55. The third-order valence-electron chi connectivity index (χ3n) is 2.77. The van der Waals surface area contributed by atoms with Crippen LogP contribution in [0.5, 0.6) is 0 Å². The van der Waals surface area contributed by atoms with E-state index in [9.17, 15) is 14.4 Å². The molecule has 20 heavy (non-hydrogen) atoms. The van der Waals surface area contributed by atoms with E-state index >= 15 is 0 Å². The van der Waals surface area contributed by atoms with Crippen LogP contribution in [0, 0.1) is 11.8 Å². The summed E-state index contributed by atoms with van der Waals surface area (Å²) in [6.07, 6.45) is 0.488. The molecule has 3 N–H and O–H groups in total. The molecule has 0 fully saturated rings. The Bertz CT molecular complexity index is 356. The van der Waals surface area contributed by atoms with Crippen molar-refractivity contribution in [3.05, 3.63) is 0 Å².